The number of aryl methyl sites for hydroxylation is 3. The highest BCUT2D eigenvalue weighted by Gasteiger charge is 2.28. The Labute approximate surface area is 152 Å². The van der Waals surface area contributed by atoms with Crippen molar-refractivity contribution in [1.29, 1.82) is 0 Å². The van der Waals surface area contributed by atoms with Crippen LogP contribution in [0.4, 0.5) is 0 Å². The van der Waals surface area contributed by atoms with Gasteiger partial charge in [0.15, 0.2) is 0 Å². The highest BCUT2D eigenvalue weighted by molar-refractivity contribution is 5.48. The molecule has 0 atom stereocenters. The van der Waals surface area contributed by atoms with E-state index in [9.17, 15) is 4.79 Å². The van der Waals surface area contributed by atoms with E-state index < -0.39 is 0 Å². The second-order valence-electron chi connectivity index (χ2n) is 6.97. The molecule has 0 radical (unpaired) electrons. The second kappa shape index (κ2) is 6.44. The minimum atomic E-state index is -0.259. The Morgan fingerprint density at radius 2 is 1.96 bits per heavy atom. The summed E-state index contributed by atoms with van der Waals surface area (Å²) in [7, 11) is 1.60. The molecule has 0 bridgehead atoms. The first-order chi connectivity index (χ1) is 12.5. The standard InChI is InChI=1S/C20H22N4O2/c1-13-7-10-19(14(2)11-13)26-12-17-16(15-8-9-15)5-4-6-18(17)24-20(25)23(3)21-22-24/h4-7,10-11,15H,8-9,12H2,1-3H3. The lowest BCUT2D eigenvalue weighted by atomic mass is 10.0. The molecular weight excluding hydrogens is 328 g/mol. The van der Waals surface area contributed by atoms with Crippen molar-refractivity contribution in [1.82, 2.24) is 19.8 Å². The number of tetrazole rings is 1. The fourth-order valence-electron chi connectivity index (χ4n) is 3.30. The molecule has 0 spiro atoms. The van der Waals surface area contributed by atoms with Gasteiger partial charge in [0, 0.05) is 12.6 Å². The van der Waals surface area contributed by atoms with Gasteiger partial charge in [0.05, 0.1) is 5.69 Å². The van der Waals surface area contributed by atoms with Crippen molar-refractivity contribution in [2.45, 2.75) is 39.2 Å². The molecule has 134 valence electrons. The van der Waals surface area contributed by atoms with E-state index in [1.165, 1.54) is 33.3 Å². The first-order valence-corrected chi connectivity index (χ1v) is 8.86. The molecule has 1 saturated carbocycles. The molecule has 0 unspecified atom stereocenters. The maximum atomic E-state index is 12.3. The van der Waals surface area contributed by atoms with E-state index in [1.54, 1.807) is 7.05 Å². The molecule has 1 aliphatic rings. The largest absolute Gasteiger partial charge is 0.489 e. The summed E-state index contributed by atoms with van der Waals surface area (Å²) in [5, 5.41) is 7.86. The maximum absolute atomic E-state index is 12.3. The molecule has 6 nitrogen and oxygen atoms in total. The summed E-state index contributed by atoms with van der Waals surface area (Å²) in [6, 6.07) is 12.2. The van der Waals surface area contributed by atoms with Crippen molar-refractivity contribution in [3.05, 3.63) is 69.1 Å². The average molecular weight is 350 g/mol. The number of hydrogen-bond acceptors (Lipinski definition) is 4. The maximum Gasteiger partial charge on any atom is 0.368 e. The number of aromatic nitrogens is 4. The minimum absolute atomic E-state index is 0.259. The minimum Gasteiger partial charge on any atom is -0.489 e. The zero-order valence-electron chi connectivity index (χ0n) is 15.3. The van der Waals surface area contributed by atoms with Crippen LogP contribution in [0.2, 0.25) is 0 Å². The van der Waals surface area contributed by atoms with Crippen LogP contribution < -0.4 is 10.4 Å². The van der Waals surface area contributed by atoms with Crippen molar-refractivity contribution < 1.29 is 4.74 Å². The highest BCUT2D eigenvalue weighted by atomic mass is 16.5. The number of ether oxygens (including phenoxy) is 1. The quantitative estimate of drug-likeness (QED) is 0.709. The van der Waals surface area contributed by atoms with Crippen molar-refractivity contribution in [2.75, 3.05) is 0 Å². The summed E-state index contributed by atoms with van der Waals surface area (Å²) >= 11 is 0. The number of nitrogens with zero attached hydrogens (tertiary/aromatic N) is 4. The second-order valence-corrected chi connectivity index (χ2v) is 6.97. The zero-order valence-corrected chi connectivity index (χ0v) is 15.3. The van der Waals surface area contributed by atoms with Crippen LogP contribution in [-0.4, -0.2) is 19.8 Å². The van der Waals surface area contributed by atoms with E-state index in [0.29, 0.717) is 12.5 Å². The molecule has 0 aliphatic heterocycles. The molecular formula is C20H22N4O2. The Morgan fingerprint density at radius 1 is 1.15 bits per heavy atom. The first kappa shape index (κ1) is 16.6. The van der Waals surface area contributed by atoms with Gasteiger partial charge in [0.25, 0.3) is 0 Å². The smallest absolute Gasteiger partial charge is 0.368 e. The molecule has 1 fully saturated rings. The van der Waals surface area contributed by atoms with Crippen LogP contribution in [0.1, 0.15) is 41.0 Å². The van der Waals surface area contributed by atoms with Crippen LogP contribution in [0.15, 0.2) is 41.2 Å². The Bertz CT molecular complexity index is 1010. The van der Waals surface area contributed by atoms with Gasteiger partial charge in [0.1, 0.15) is 12.4 Å². The topological polar surface area (TPSA) is 61.9 Å². The third kappa shape index (κ3) is 3.03. The normalized spacial score (nSPS) is 13.8. The van der Waals surface area contributed by atoms with Gasteiger partial charge in [-0.25, -0.2) is 4.79 Å². The monoisotopic (exact) mass is 350 g/mol. The fourth-order valence-corrected chi connectivity index (χ4v) is 3.30. The van der Waals surface area contributed by atoms with E-state index in [1.807, 2.05) is 31.2 Å². The summed E-state index contributed by atoms with van der Waals surface area (Å²) in [5.41, 5.74) is 5.05. The summed E-state index contributed by atoms with van der Waals surface area (Å²) < 4.78 is 8.72. The molecule has 0 saturated heterocycles. The molecule has 1 heterocycles. The van der Waals surface area contributed by atoms with Gasteiger partial charge in [-0.15, -0.1) is 0 Å². The third-order valence-electron chi connectivity index (χ3n) is 4.86. The zero-order chi connectivity index (χ0) is 18.3. The first-order valence-electron chi connectivity index (χ1n) is 8.86. The van der Waals surface area contributed by atoms with E-state index in [0.717, 1.165) is 22.6 Å². The number of rotatable bonds is 5. The molecule has 6 heteroatoms. The molecule has 2 aromatic carbocycles. The van der Waals surface area contributed by atoms with Crippen LogP contribution in [0, 0.1) is 13.8 Å². The molecule has 26 heavy (non-hydrogen) atoms. The Balaban J connectivity index is 1.73. The highest BCUT2D eigenvalue weighted by Crippen LogP contribution is 2.43. The van der Waals surface area contributed by atoms with Gasteiger partial charge in [-0.3, -0.25) is 0 Å². The molecule has 1 aromatic heterocycles. The SMILES string of the molecule is Cc1ccc(OCc2c(C3CC3)cccc2-n2nnn(C)c2=O)c(C)c1. The molecule has 3 aromatic rings. The van der Waals surface area contributed by atoms with Crippen molar-refractivity contribution in [3.63, 3.8) is 0 Å². The Kier molecular flexibility index (Phi) is 4.11. The molecule has 0 amide bonds. The summed E-state index contributed by atoms with van der Waals surface area (Å²) in [5.74, 6) is 1.40. The van der Waals surface area contributed by atoms with Crippen LogP contribution >= 0.6 is 0 Å². The lowest BCUT2D eigenvalue weighted by molar-refractivity contribution is 0.302. The fraction of sp³-hybridized carbons (Fsp3) is 0.350. The van der Waals surface area contributed by atoms with E-state index in [2.05, 4.69) is 29.5 Å². The van der Waals surface area contributed by atoms with Gasteiger partial charge in [-0.2, -0.15) is 9.36 Å². The predicted octanol–water partition coefficient (Wildman–Crippen LogP) is 3.04. The summed E-state index contributed by atoms with van der Waals surface area (Å²) in [4.78, 5) is 12.3. The van der Waals surface area contributed by atoms with Gasteiger partial charge in [0.2, 0.25) is 0 Å². The van der Waals surface area contributed by atoms with E-state index in [4.69, 9.17) is 4.74 Å². The Morgan fingerprint density at radius 3 is 2.62 bits per heavy atom. The van der Waals surface area contributed by atoms with Crippen LogP contribution in [-0.2, 0) is 13.7 Å². The van der Waals surface area contributed by atoms with Crippen molar-refractivity contribution in [3.8, 4) is 11.4 Å². The van der Waals surface area contributed by atoms with Gasteiger partial charge >= 0.3 is 5.69 Å². The van der Waals surface area contributed by atoms with Gasteiger partial charge in [-0.05, 0) is 66.3 Å². The van der Waals surface area contributed by atoms with Gasteiger partial charge < -0.3 is 4.74 Å². The van der Waals surface area contributed by atoms with E-state index >= 15 is 0 Å². The summed E-state index contributed by atoms with van der Waals surface area (Å²) in [6.45, 7) is 4.51. The average Bonchev–Trinajstić information content (AvgIpc) is 3.41. The number of hydrogen-bond donors (Lipinski definition) is 0. The van der Waals surface area contributed by atoms with Crippen molar-refractivity contribution >= 4 is 0 Å². The van der Waals surface area contributed by atoms with Crippen LogP contribution in [0.3, 0.4) is 0 Å². The van der Waals surface area contributed by atoms with E-state index in [-0.39, 0.29) is 5.69 Å². The lowest BCUT2D eigenvalue weighted by Crippen LogP contribution is -2.23. The van der Waals surface area contributed by atoms with Gasteiger partial charge in [-0.1, -0.05) is 29.8 Å². The molecule has 4 rings (SSSR count). The van der Waals surface area contributed by atoms with Crippen LogP contribution in [0.25, 0.3) is 5.69 Å². The van der Waals surface area contributed by atoms with Crippen LogP contribution in [0.5, 0.6) is 5.75 Å². The predicted molar refractivity (Wildman–Crippen MR) is 98.8 cm³/mol. The lowest BCUT2D eigenvalue weighted by Gasteiger charge is -2.16. The third-order valence-corrected chi connectivity index (χ3v) is 4.86. The molecule has 1 aliphatic carbocycles. The summed E-state index contributed by atoms with van der Waals surface area (Å²) in [6.07, 6.45) is 2.35. The Hall–Kier alpha value is -2.89. The molecule has 0 N–H and O–H groups in total. The van der Waals surface area contributed by atoms with Crippen molar-refractivity contribution in [2.24, 2.45) is 7.05 Å². The number of benzene rings is 2.